The van der Waals surface area contributed by atoms with E-state index in [0.717, 1.165) is 19.4 Å². The highest BCUT2D eigenvalue weighted by molar-refractivity contribution is 9.10. The molecule has 0 aliphatic heterocycles. The van der Waals surface area contributed by atoms with E-state index in [2.05, 4.69) is 35.1 Å². The molecular formula is C9H18BrNO. The Kier molecular flexibility index (Phi) is 6.44. The number of hydrogen-bond acceptors (Lipinski definition) is 1. The van der Waals surface area contributed by atoms with Crippen LogP contribution in [-0.4, -0.2) is 17.3 Å². The van der Waals surface area contributed by atoms with Crippen LogP contribution < -0.4 is 5.32 Å². The van der Waals surface area contributed by atoms with Gasteiger partial charge in [0.15, 0.2) is 0 Å². The summed E-state index contributed by atoms with van der Waals surface area (Å²) in [5.41, 5.74) is 0. The maximum Gasteiger partial charge on any atom is 0.233 e. The zero-order valence-electron chi connectivity index (χ0n) is 8.06. The van der Waals surface area contributed by atoms with Gasteiger partial charge in [-0.3, -0.25) is 4.79 Å². The van der Waals surface area contributed by atoms with Crippen molar-refractivity contribution < 1.29 is 4.79 Å². The lowest BCUT2D eigenvalue weighted by atomic mass is 10.0. The van der Waals surface area contributed by atoms with Gasteiger partial charge in [-0.05, 0) is 12.8 Å². The predicted molar refractivity (Wildman–Crippen MR) is 55.5 cm³/mol. The van der Waals surface area contributed by atoms with E-state index in [9.17, 15) is 4.79 Å². The van der Waals surface area contributed by atoms with Crippen molar-refractivity contribution in [1.82, 2.24) is 5.32 Å². The highest BCUT2D eigenvalue weighted by Crippen LogP contribution is 2.05. The van der Waals surface area contributed by atoms with Gasteiger partial charge in [-0.1, -0.05) is 42.6 Å². The van der Waals surface area contributed by atoms with Gasteiger partial charge in [0.25, 0.3) is 0 Å². The molecule has 0 aromatic carbocycles. The van der Waals surface area contributed by atoms with E-state index < -0.39 is 0 Å². The quantitative estimate of drug-likeness (QED) is 0.729. The Morgan fingerprint density at radius 1 is 1.42 bits per heavy atom. The molecule has 0 aliphatic rings. The molecule has 72 valence electrons. The summed E-state index contributed by atoms with van der Waals surface area (Å²) in [4.78, 5) is 11.0. The molecule has 0 fully saturated rings. The van der Waals surface area contributed by atoms with Crippen LogP contribution in [0.25, 0.3) is 0 Å². The molecule has 1 atom stereocenters. The molecule has 2 nitrogen and oxygen atoms in total. The minimum atomic E-state index is -0.0770. The van der Waals surface area contributed by atoms with Crippen molar-refractivity contribution in [2.24, 2.45) is 5.92 Å². The average Bonchev–Trinajstić information content (AvgIpc) is 2.05. The van der Waals surface area contributed by atoms with E-state index in [4.69, 9.17) is 0 Å². The van der Waals surface area contributed by atoms with Gasteiger partial charge in [0.05, 0.1) is 4.83 Å². The Labute approximate surface area is 83.2 Å². The van der Waals surface area contributed by atoms with Gasteiger partial charge in [0.2, 0.25) is 5.91 Å². The van der Waals surface area contributed by atoms with Crippen molar-refractivity contribution in [1.29, 1.82) is 0 Å². The molecule has 0 radical (unpaired) electrons. The van der Waals surface area contributed by atoms with Crippen LogP contribution in [0.2, 0.25) is 0 Å². The molecular weight excluding hydrogens is 218 g/mol. The molecule has 1 amide bonds. The zero-order valence-corrected chi connectivity index (χ0v) is 9.65. The van der Waals surface area contributed by atoms with Gasteiger partial charge in [-0.2, -0.15) is 0 Å². The molecule has 0 spiro atoms. The molecule has 1 unspecified atom stereocenters. The van der Waals surface area contributed by atoms with Crippen molar-refractivity contribution in [2.75, 3.05) is 6.54 Å². The Hall–Kier alpha value is -0.0500. The summed E-state index contributed by atoms with van der Waals surface area (Å²) in [5.74, 6) is 0.710. The van der Waals surface area contributed by atoms with Gasteiger partial charge >= 0.3 is 0 Å². The van der Waals surface area contributed by atoms with E-state index in [-0.39, 0.29) is 10.7 Å². The van der Waals surface area contributed by atoms with Crippen molar-refractivity contribution in [2.45, 2.75) is 38.4 Å². The van der Waals surface area contributed by atoms with E-state index in [1.165, 1.54) is 0 Å². The SMILES string of the molecule is CCC(CC)CNC(=O)C(C)Br. The fourth-order valence-electron chi connectivity index (χ4n) is 0.963. The first-order valence-electron chi connectivity index (χ1n) is 4.53. The molecule has 0 aliphatic carbocycles. The standard InChI is InChI=1S/C9H18BrNO/c1-4-8(5-2)6-11-9(12)7(3)10/h7-8H,4-6H2,1-3H3,(H,11,12). The number of hydrogen-bond donors (Lipinski definition) is 1. The van der Waals surface area contributed by atoms with Gasteiger partial charge < -0.3 is 5.32 Å². The Bertz CT molecular complexity index is 132. The Morgan fingerprint density at radius 3 is 2.25 bits per heavy atom. The summed E-state index contributed by atoms with van der Waals surface area (Å²) in [6.45, 7) is 6.94. The first-order chi connectivity index (χ1) is 5.61. The topological polar surface area (TPSA) is 29.1 Å². The normalized spacial score (nSPS) is 13.1. The van der Waals surface area contributed by atoms with Gasteiger partial charge in [0, 0.05) is 6.54 Å². The van der Waals surface area contributed by atoms with Gasteiger partial charge in [0.1, 0.15) is 0 Å². The molecule has 0 bridgehead atoms. The Balaban J connectivity index is 3.59. The second-order valence-corrected chi connectivity index (χ2v) is 4.42. The number of alkyl halides is 1. The predicted octanol–water partition coefficient (Wildman–Crippen LogP) is 2.32. The van der Waals surface area contributed by atoms with Crippen LogP contribution in [0.5, 0.6) is 0 Å². The molecule has 0 heterocycles. The molecule has 0 rings (SSSR count). The van der Waals surface area contributed by atoms with Crippen LogP contribution in [0, 0.1) is 5.92 Å². The summed E-state index contributed by atoms with van der Waals surface area (Å²) < 4.78 is 0. The highest BCUT2D eigenvalue weighted by Gasteiger charge is 2.09. The number of amides is 1. The van der Waals surface area contributed by atoms with Gasteiger partial charge in [-0.15, -0.1) is 0 Å². The lowest BCUT2D eigenvalue weighted by molar-refractivity contribution is -0.120. The maximum atomic E-state index is 11.1. The third-order valence-corrected chi connectivity index (χ3v) is 2.50. The highest BCUT2D eigenvalue weighted by atomic mass is 79.9. The minimum Gasteiger partial charge on any atom is -0.355 e. The van der Waals surface area contributed by atoms with Crippen molar-refractivity contribution in [3.8, 4) is 0 Å². The fraction of sp³-hybridized carbons (Fsp3) is 0.889. The number of nitrogens with one attached hydrogen (secondary N) is 1. The summed E-state index contributed by atoms with van der Waals surface area (Å²) in [7, 11) is 0. The molecule has 3 heteroatoms. The molecule has 12 heavy (non-hydrogen) atoms. The average molecular weight is 236 g/mol. The molecule has 0 aromatic heterocycles. The van der Waals surface area contributed by atoms with E-state index in [1.54, 1.807) is 0 Å². The summed E-state index contributed by atoms with van der Waals surface area (Å²) in [6.07, 6.45) is 2.26. The smallest absolute Gasteiger partial charge is 0.233 e. The number of halogens is 1. The second kappa shape index (κ2) is 6.46. The van der Waals surface area contributed by atoms with Crippen molar-refractivity contribution >= 4 is 21.8 Å². The fourth-order valence-corrected chi connectivity index (χ4v) is 1.12. The summed E-state index contributed by atoms with van der Waals surface area (Å²) >= 11 is 3.22. The largest absolute Gasteiger partial charge is 0.355 e. The van der Waals surface area contributed by atoms with E-state index in [0.29, 0.717) is 5.92 Å². The maximum absolute atomic E-state index is 11.1. The molecule has 0 saturated carbocycles. The second-order valence-electron chi connectivity index (χ2n) is 3.04. The van der Waals surface area contributed by atoms with Gasteiger partial charge in [-0.25, -0.2) is 0 Å². The van der Waals surface area contributed by atoms with Crippen LogP contribution in [0.15, 0.2) is 0 Å². The van der Waals surface area contributed by atoms with Crippen molar-refractivity contribution in [3.63, 3.8) is 0 Å². The number of carbonyl (C=O) groups is 1. The zero-order chi connectivity index (χ0) is 9.56. The molecule has 0 aromatic rings. The third kappa shape index (κ3) is 4.75. The van der Waals surface area contributed by atoms with E-state index in [1.807, 2.05) is 6.92 Å². The lowest BCUT2D eigenvalue weighted by Gasteiger charge is -2.13. The number of carbonyl (C=O) groups excluding carboxylic acids is 1. The third-order valence-electron chi connectivity index (χ3n) is 2.08. The van der Waals surface area contributed by atoms with Crippen LogP contribution in [0.1, 0.15) is 33.6 Å². The molecule has 0 saturated heterocycles. The lowest BCUT2D eigenvalue weighted by Crippen LogP contribution is -2.33. The van der Waals surface area contributed by atoms with Crippen molar-refractivity contribution in [3.05, 3.63) is 0 Å². The van der Waals surface area contributed by atoms with Crippen LogP contribution in [-0.2, 0) is 4.79 Å². The van der Waals surface area contributed by atoms with Crippen LogP contribution >= 0.6 is 15.9 Å². The summed E-state index contributed by atoms with van der Waals surface area (Å²) in [5, 5.41) is 2.90. The van der Waals surface area contributed by atoms with Crippen LogP contribution in [0.3, 0.4) is 0 Å². The van der Waals surface area contributed by atoms with E-state index >= 15 is 0 Å². The first-order valence-corrected chi connectivity index (χ1v) is 5.45. The molecule has 1 N–H and O–H groups in total. The minimum absolute atomic E-state index is 0.0770. The van der Waals surface area contributed by atoms with Crippen LogP contribution in [0.4, 0.5) is 0 Å². The monoisotopic (exact) mass is 235 g/mol. The first kappa shape index (κ1) is 11.9. The Morgan fingerprint density at radius 2 is 1.92 bits per heavy atom. The summed E-state index contributed by atoms with van der Waals surface area (Å²) in [6, 6.07) is 0. The number of rotatable bonds is 5.